The summed E-state index contributed by atoms with van der Waals surface area (Å²) in [4.78, 5) is 37.6. The minimum Gasteiger partial charge on any atom is -0.508 e. The Labute approximate surface area is 242 Å². The van der Waals surface area contributed by atoms with E-state index in [0.717, 1.165) is 24.3 Å². The maximum atomic E-state index is 12.7. The van der Waals surface area contributed by atoms with Gasteiger partial charge in [-0.1, -0.05) is 0 Å². The lowest BCUT2D eigenvalue weighted by Gasteiger charge is -2.39. The van der Waals surface area contributed by atoms with Crippen molar-refractivity contribution in [2.45, 2.75) is 66.3 Å². The van der Waals surface area contributed by atoms with Crippen LogP contribution in [-0.4, -0.2) is 132 Å². The summed E-state index contributed by atoms with van der Waals surface area (Å²) in [6.07, 6.45) is -8.40. The number of carbonyl (C=O) groups is 3. The number of esters is 2. The average molecular weight is 611 g/mol. The molecule has 1 aromatic rings. The zero-order valence-electron chi connectivity index (χ0n) is 22.2. The molecular weight excluding hydrogens is 580 g/mol. The second kappa shape index (κ2) is 11.2. The predicted octanol–water partition coefficient (Wildman–Crippen LogP) is -3.71. The fourth-order valence-electron chi connectivity index (χ4n) is 5.65. The van der Waals surface area contributed by atoms with Gasteiger partial charge in [-0.3, -0.25) is 4.79 Å². The van der Waals surface area contributed by atoms with Gasteiger partial charge in [0.1, 0.15) is 54.2 Å². The molecule has 4 aliphatic rings. The number of aliphatic hydroxyl groups is 7. The van der Waals surface area contributed by atoms with E-state index >= 15 is 0 Å². The first-order valence-corrected chi connectivity index (χ1v) is 13.1. The summed E-state index contributed by atoms with van der Waals surface area (Å²) in [5, 5.41) is 82.4. The van der Waals surface area contributed by atoms with Crippen molar-refractivity contribution in [1.29, 1.82) is 0 Å². The number of ether oxygens (including phenoxy) is 5. The van der Waals surface area contributed by atoms with E-state index in [-0.39, 0.29) is 11.5 Å². The second-order valence-electron chi connectivity index (χ2n) is 10.6. The molecule has 0 aromatic heterocycles. The fraction of sp³-hybridized carbons (Fsp3) is 0.519. The molecule has 3 saturated heterocycles. The highest BCUT2D eigenvalue weighted by Gasteiger charge is 2.82. The molecule has 8 N–H and O–H groups in total. The molecule has 234 valence electrons. The van der Waals surface area contributed by atoms with Crippen LogP contribution in [0.2, 0.25) is 0 Å². The van der Waals surface area contributed by atoms with Crippen molar-refractivity contribution < 1.29 is 78.9 Å². The molecule has 43 heavy (non-hydrogen) atoms. The Balaban J connectivity index is 1.30. The van der Waals surface area contributed by atoms with Crippen molar-refractivity contribution >= 4 is 17.7 Å². The molecule has 5 rings (SSSR count). The van der Waals surface area contributed by atoms with Crippen molar-refractivity contribution in [2.75, 3.05) is 13.2 Å². The van der Waals surface area contributed by atoms with Crippen LogP contribution in [0.5, 0.6) is 11.5 Å². The summed E-state index contributed by atoms with van der Waals surface area (Å²) in [7, 11) is 0. The number of phenolic OH excluding ortho intramolecular Hbond substituents is 1. The fourth-order valence-corrected chi connectivity index (χ4v) is 5.65. The number of rotatable bonds is 8. The number of phenols is 1. The Morgan fingerprint density at radius 3 is 2.47 bits per heavy atom. The normalized spacial score (nSPS) is 41.0. The number of benzene rings is 1. The zero-order valence-corrected chi connectivity index (χ0v) is 22.2. The molecule has 0 saturated carbocycles. The topological polar surface area (TPSA) is 259 Å². The van der Waals surface area contributed by atoms with Crippen molar-refractivity contribution in [3.05, 3.63) is 48.6 Å². The van der Waals surface area contributed by atoms with E-state index in [1.54, 1.807) is 0 Å². The van der Waals surface area contributed by atoms with Crippen LogP contribution >= 0.6 is 0 Å². The van der Waals surface area contributed by atoms with Gasteiger partial charge in [0.15, 0.2) is 11.9 Å². The van der Waals surface area contributed by atoms with E-state index in [1.165, 1.54) is 24.3 Å². The van der Waals surface area contributed by atoms with Gasteiger partial charge in [0.25, 0.3) is 0 Å². The standard InChI is InChI=1S/C27H30O16/c28-10-15(31)22-27(38)26(37,24(36)42-22)17-9-13(30)5-7-25(17,43-27)8-6-18(32)39-11-16-19(33)20(34)21(35)23(41-16)40-14-3-1-12(29)2-4-14/h1-8,15-17,19-23,28-29,31,33-35,37-38H,9-11H2/b8-6+/t15-,16-,17+,19-,20+,21-,22?,23-,25+,26?,27?/m1/s1. The van der Waals surface area contributed by atoms with E-state index in [1.807, 2.05) is 0 Å². The molecule has 16 nitrogen and oxygen atoms in total. The lowest BCUT2D eigenvalue weighted by molar-refractivity contribution is -0.283. The number of hydrogen-bond acceptors (Lipinski definition) is 16. The molecular formula is C27H30O16. The van der Waals surface area contributed by atoms with Crippen molar-refractivity contribution in [3.63, 3.8) is 0 Å². The Hall–Kier alpha value is -3.45. The highest BCUT2D eigenvalue weighted by Crippen LogP contribution is 2.58. The van der Waals surface area contributed by atoms with Crippen molar-refractivity contribution in [1.82, 2.24) is 0 Å². The number of carbonyl (C=O) groups excluding carboxylic acids is 3. The monoisotopic (exact) mass is 610 g/mol. The number of aliphatic hydroxyl groups excluding tert-OH is 5. The van der Waals surface area contributed by atoms with E-state index < -0.39 is 103 Å². The molecule has 3 unspecified atom stereocenters. The Bertz CT molecular complexity index is 1310. The minimum absolute atomic E-state index is 0.0519. The maximum absolute atomic E-state index is 12.7. The SMILES string of the molecule is O=C1C=C[C@@]2(/C=C/C(=O)OC[C@H]3O[C@@H](Oc4ccc(O)cc4)[C@H](O)[C@@H](O)[C@@H]3O)OC3(O)C([C@H](O)CO)OC(=O)C3(O)[C@H]2C1. The molecule has 1 aliphatic carbocycles. The first-order chi connectivity index (χ1) is 20.3. The van der Waals surface area contributed by atoms with Crippen LogP contribution < -0.4 is 4.74 Å². The van der Waals surface area contributed by atoms with Crippen LogP contribution in [0.4, 0.5) is 0 Å². The quantitative estimate of drug-likeness (QED) is 0.104. The number of ketones is 1. The highest BCUT2D eigenvalue weighted by atomic mass is 16.7. The van der Waals surface area contributed by atoms with E-state index in [4.69, 9.17) is 23.7 Å². The Morgan fingerprint density at radius 1 is 1.09 bits per heavy atom. The van der Waals surface area contributed by atoms with Crippen LogP contribution in [0.1, 0.15) is 6.42 Å². The molecule has 1 aromatic carbocycles. The smallest absolute Gasteiger partial charge is 0.345 e. The molecule has 0 radical (unpaired) electrons. The Kier molecular flexibility index (Phi) is 8.10. The summed E-state index contributed by atoms with van der Waals surface area (Å²) >= 11 is 0. The molecule has 0 amide bonds. The molecule has 3 fully saturated rings. The summed E-state index contributed by atoms with van der Waals surface area (Å²) in [6, 6.07) is 5.33. The van der Waals surface area contributed by atoms with Gasteiger partial charge in [-0.05, 0) is 42.5 Å². The van der Waals surface area contributed by atoms with E-state index in [0.29, 0.717) is 0 Å². The van der Waals surface area contributed by atoms with Crippen LogP contribution in [0, 0.1) is 5.92 Å². The highest BCUT2D eigenvalue weighted by molar-refractivity contribution is 5.94. The third-order valence-corrected chi connectivity index (χ3v) is 7.96. The average Bonchev–Trinajstić information content (AvgIpc) is 3.31. The maximum Gasteiger partial charge on any atom is 0.345 e. The molecule has 0 spiro atoms. The number of cyclic esters (lactones) is 1. The van der Waals surface area contributed by atoms with Crippen LogP contribution in [0.15, 0.2) is 48.6 Å². The third kappa shape index (κ3) is 5.09. The minimum atomic E-state index is -2.93. The van der Waals surface area contributed by atoms with Gasteiger partial charge in [-0.2, -0.15) is 0 Å². The van der Waals surface area contributed by atoms with Gasteiger partial charge in [0, 0.05) is 18.4 Å². The van der Waals surface area contributed by atoms with Gasteiger partial charge in [-0.25, -0.2) is 9.59 Å². The van der Waals surface area contributed by atoms with Crippen LogP contribution in [-0.2, 0) is 33.3 Å². The second-order valence-corrected chi connectivity index (χ2v) is 10.6. The molecule has 3 heterocycles. The number of aromatic hydroxyl groups is 1. The van der Waals surface area contributed by atoms with E-state index in [9.17, 15) is 55.2 Å². The summed E-state index contributed by atoms with van der Waals surface area (Å²) in [5.74, 6) is -7.39. The molecule has 16 heteroatoms. The first kappa shape index (κ1) is 31.0. The largest absolute Gasteiger partial charge is 0.508 e. The number of fused-ring (bicyclic) bond motifs is 3. The van der Waals surface area contributed by atoms with Crippen molar-refractivity contribution in [3.8, 4) is 11.5 Å². The summed E-state index contributed by atoms with van der Waals surface area (Å²) in [6.45, 7) is -1.63. The van der Waals surface area contributed by atoms with Gasteiger partial charge < -0.3 is 64.5 Å². The van der Waals surface area contributed by atoms with Gasteiger partial charge in [-0.15, -0.1) is 0 Å². The molecule has 11 atom stereocenters. The molecule has 0 bridgehead atoms. The molecule has 3 aliphatic heterocycles. The number of hydrogen-bond donors (Lipinski definition) is 8. The predicted molar refractivity (Wildman–Crippen MR) is 134 cm³/mol. The Morgan fingerprint density at radius 2 is 1.79 bits per heavy atom. The number of allylic oxidation sites excluding steroid dienone is 1. The van der Waals surface area contributed by atoms with Gasteiger partial charge >= 0.3 is 11.9 Å². The van der Waals surface area contributed by atoms with Crippen LogP contribution in [0.3, 0.4) is 0 Å². The van der Waals surface area contributed by atoms with Crippen LogP contribution in [0.25, 0.3) is 0 Å². The summed E-state index contributed by atoms with van der Waals surface area (Å²) in [5.41, 5.74) is -4.82. The van der Waals surface area contributed by atoms with E-state index in [2.05, 4.69) is 0 Å². The zero-order chi connectivity index (χ0) is 31.3. The first-order valence-electron chi connectivity index (χ1n) is 13.1. The summed E-state index contributed by atoms with van der Waals surface area (Å²) < 4.78 is 26.7. The lowest BCUT2D eigenvalue weighted by Crippen LogP contribution is -2.60. The van der Waals surface area contributed by atoms with Crippen molar-refractivity contribution in [2.24, 2.45) is 5.92 Å². The lowest BCUT2D eigenvalue weighted by atomic mass is 9.69. The third-order valence-electron chi connectivity index (χ3n) is 7.96. The van der Waals surface area contributed by atoms with Gasteiger partial charge in [0.05, 0.1) is 6.61 Å². The van der Waals surface area contributed by atoms with Gasteiger partial charge in [0.2, 0.25) is 17.7 Å².